The largest absolute Gasteiger partial charge is 0.434 e. The Morgan fingerprint density at radius 3 is 2.36 bits per heavy atom. The summed E-state index contributed by atoms with van der Waals surface area (Å²) in [5.41, 5.74) is 0.433. The van der Waals surface area contributed by atoms with Gasteiger partial charge in [0.05, 0.1) is 0 Å². The summed E-state index contributed by atoms with van der Waals surface area (Å²) in [5.74, 6) is -0.568. The number of para-hydroxylation sites is 1. The molecule has 2 aromatic carbocycles. The summed E-state index contributed by atoms with van der Waals surface area (Å²) in [6.07, 6.45) is 1.24. The molecule has 2 aromatic rings. The van der Waals surface area contributed by atoms with E-state index in [4.69, 9.17) is 5.26 Å². The van der Waals surface area contributed by atoms with E-state index in [1.54, 1.807) is 42.5 Å². The second kappa shape index (κ2) is 7.14. The van der Waals surface area contributed by atoms with Crippen molar-refractivity contribution in [3.8, 4) is 11.8 Å². The molecule has 0 aliphatic carbocycles. The lowest BCUT2D eigenvalue weighted by atomic mass is 10.0. The molecule has 110 valence electrons. The van der Waals surface area contributed by atoms with Crippen LogP contribution in [0, 0.1) is 11.3 Å². The van der Waals surface area contributed by atoms with Crippen LogP contribution in [-0.4, -0.2) is 12.4 Å². The molecule has 0 aliphatic heterocycles. The van der Waals surface area contributed by atoms with Crippen LogP contribution in [0.5, 0.6) is 5.75 Å². The minimum atomic E-state index is -2.98. The molecule has 22 heavy (non-hydrogen) atoms. The maximum absolute atomic E-state index is 12.4. The summed E-state index contributed by atoms with van der Waals surface area (Å²) in [6, 6.07) is 16.0. The minimum absolute atomic E-state index is 0.0916. The second-order valence-corrected chi connectivity index (χ2v) is 4.28. The fourth-order valence-electron chi connectivity index (χ4n) is 1.85. The van der Waals surface area contributed by atoms with Crippen molar-refractivity contribution in [1.29, 1.82) is 5.26 Å². The van der Waals surface area contributed by atoms with Gasteiger partial charge in [0.2, 0.25) is 5.78 Å². The summed E-state index contributed by atoms with van der Waals surface area (Å²) in [5, 5.41) is 9.16. The Labute approximate surface area is 126 Å². The van der Waals surface area contributed by atoms with E-state index in [1.165, 1.54) is 24.3 Å². The highest BCUT2D eigenvalue weighted by molar-refractivity contribution is 6.14. The van der Waals surface area contributed by atoms with E-state index < -0.39 is 12.4 Å². The van der Waals surface area contributed by atoms with Crippen LogP contribution in [-0.2, 0) is 0 Å². The monoisotopic (exact) mass is 299 g/mol. The van der Waals surface area contributed by atoms with Crippen LogP contribution >= 0.6 is 0 Å². The fourth-order valence-corrected chi connectivity index (χ4v) is 1.85. The maximum atomic E-state index is 12.4. The number of ketones is 1. The summed E-state index contributed by atoms with van der Waals surface area (Å²) in [7, 11) is 0. The van der Waals surface area contributed by atoms with Gasteiger partial charge >= 0.3 is 6.61 Å². The van der Waals surface area contributed by atoms with Crippen molar-refractivity contribution >= 4 is 11.9 Å². The summed E-state index contributed by atoms with van der Waals surface area (Å²) >= 11 is 0. The van der Waals surface area contributed by atoms with Crippen molar-refractivity contribution in [3.05, 3.63) is 71.3 Å². The van der Waals surface area contributed by atoms with E-state index in [1.807, 2.05) is 0 Å². The number of rotatable bonds is 5. The molecule has 0 heterocycles. The lowest BCUT2D eigenvalue weighted by Gasteiger charge is -2.08. The Bertz CT molecular complexity index is 734. The second-order valence-electron chi connectivity index (χ2n) is 4.28. The van der Waals surface area contributed by atoms with Crippen LogP contribution in [0.1, 0.15) is 15.9 Å². The van der Waals surface area contributed by atoms with Gasteiger partial charge in [0.25, 0.3) is 0 Å². The minimum Gasteiger partial charge on any atom is -0.434 e. The van der Waals surface area contributed by atoms with E-state index in [9.17, 15) is 13.6 Å². The number of nitriles is 1. The Balaban J connectivity index is 2.38. The normalized spacial score (nSPS) is 11.1. The molecule has 0 N–H and O–H groups in total. The molecule has 0 saturated carbocycles. The van der Waals surface area contributed by atoms with Gasteiger partial charge in [-0.15, -0.1) is 0 Å². The van der Waals surface area contributed by atoms with Crippen molar-refractivity contribution in [2.75, 3.05) is 0 Å². The quantitative estimate of drug-likeness (QED) is 0.475. The van der Waals surface area contributed by atoms with Gasteiger partial charge in [-0.05, 0) is 12.1 Å². The highest BCUT2D eigenvalue weighted by Crippen LogP contribution is 2.23. The molecule has 2 rings (SSSR count). The van der Waals surface area contributed by atoms with Crippen molar-refractivity contribution in [3.63, 3.8) is 0 Å². The number of benzene rings is 2. The van der Waals surface area contributed by atoms with Crippen LogP contribution in [0.4, 0.5) is 8.78 Å². The Hall–Kier alpha value is -3.00. The molecule has 0 spiro atoms. The highest BCUT2D eigenvalue weighted by atomic mass is 19.3. The predicted molar refractivity (Wildman–Crippen MR) is 77.4 cm³/mol. The van der Waals surface area contributed by atoms with Crippen molar-refractivity contribution in [1.82, 2.24) is 0 Å². The standard InChI is InChI=1S/C17H11F2NO2/c18-17(19)22-15-9-5-4-8-13(15)10-14(11-20)16(21)12-6-2-1-3-7-12/h1-10,17H. The number of halogens is 2. The zero-order chi connectivity index (χ0) is 15.9. The third-order valence-corrected chi connectivity index (χ3v) is 2.84. The fraction of sp³-hybridized carbons (Fsp3) is 0.0588. The van der Waals surface area contributed by atoms with E-state index >= 15 is 0 Å². The third kappa shape index (κ3) is 3.76. The van der Waals surface area contributed by atoms with Crippen LogP contribution in [0.2, 0.25) is 0 Å². The number of hydrogen-bond acceptors (Lipinski definition) is 3. The van der Waals surface area contributed by atoms with Crippen molar-refractivity contribution in [2.24, 2.45) is 0 Å². The molecule has 3 nitrogen and oxygen atoms in total. The molecule has 0 aromatic heterocycles. The lowest BCUT2D eigenvalue weighted by molar-refractivity contribution is -0.0499. The molecule has 0 bridgehead atoms. The first kappa shape index (κ1) is 15.4. The van der Waals surface area contributed by atoms with Gasteiger partial charge in [-0.1, -0.05) is 48.5 Å². The average Bonchev–Trinajstić information content (AvgIpc) is 2.53. The topological polar surface area (TPSA) is 50.1 Å². The Morgan fingerprint density at radius 1 is 1.09 bits per heavy atom. The maximum Gasteiger partial charge on any atom is 0.387 e. The van der Waals surface area contributed by atoms with E-state index in [0.29, 0.717) is 5.56 Å². The Kier molecular flexibility index (Phi) is 4.99. The first-order valence-electron chi connectivity index (χ1n) is 6.37. The molecule has 0 amide bonds. The number of hydrogen-bond donors (Lipinski definition) is 0. The van der Waals surface area contributed by atoms with Gasteiger partial charge in [0.15, 0.2) is 0 Å². The van der Waals surface area contributed by atoms with E-state index in [-0.39, 0.29) is 16.9 Å². The average molecular weight is 299 g/mol. The predicted octanol–water partition coefficient (Wildman–Crippen LogP) is 4.08. The first-order chi connectivity index (χ1) is 10.6. The van der Waals surface area contributed by atoms with E-state index in [0.717, 1.165) is 0 Å². The smallest absolute Gasteiger partial charge is 0.387 e. The number of carbonyl (C=O) groups excluding carboxylic acids is 1. The van der Waals surface area contributed by atoms with Gasteiger partial charge < -0.3 is 4.74 Å². The van der Waals surface area contributed by atoms with Crippen molar-refractivity contribution < 1.29 is 18.3 Å². The number of Topliss-reactive ketones (excluding diaryl/α,β-unsaturated/α-hetero) is 1. The van der Waals surface area contributed by atoms with Gasteiger partial charge in [-0.25, -0.2) is 0 Å². The molecular formula is C17H11F2NO2. The highest BCUT2D eigenvalue weighted by Gasteiger charge is 2.14. The number of alkyl halides is 2. The molecule has 0 saturated heterocycles. The zero-order valence-electron chi connectivity index (χ0n) is 11.4. The van der Waals surface area contributed by atoms with Crippen LogP contribution in [0.3, 0.4) is 0 Å². The Morgan fingerprint density at radius 2 is 1.73 bits per heavy atom. The van der Waals surface area contributed by atoms with Crippen LogP contribution in [0.25, 0.3) is 6.08 Å². The SMILES string of the molecule is N#CC(=Cc1ccccc1OC(F)F)C(=O)c1ccccc1. The molecule has 0 atom stereocenters. The summed E-state index contributed by atoms with van der Waals surface area (Å²) in [4.78, 5) is 12.2. The molecular weight excluding hydrogens is 288 g/mol. The van der Waals surface area contributed by atoms with Crippen LogP contribution in [0.15, 0.2) is 60.2 Å². The molecule has 0 unspecified atom stereocenters. The van der Waals surface area contributed by atoms with Gasteiger partial charge in [0, 0.05) is 11.1 Å². The van der Waals surface area contributed by atoms with Crippen molar-refractivity contribution in [2.45, 2.75) is 6.61 Å². The van der Waals surface area contributed by atoms with E-state index in [2.05, 4.69) is 4.74 Å². The van der Waals surface area contributed by atoms with Gasteiger partial charge in [-0.3, -0.25) is 4.79 Å². The number of allylic oxidation sites excluding steroid dienone is 1. The summed E-state index contributed by atoms with van der Waals surface area (Å²) < 4.78 is 29.1. The van der Waals surface area contributed by atoms with Gasteiger partial charge in [-0.2, -0.15) is 14.0 Å². The molecule has 0 radical (unpaired) electrons. The zero-order valence-corrected chi connectivity index (χ0v) is 11.4. The first-order valence-corrected chi connectivity index (χ1v) is 6.37. The molecule has 5 heteroatoms. The number of nitrogens with zero attached hydrogens (tertiary/aromatic N) is 1. The molecule has 0 aliphatic rings. The number of carbonyl (C=O) groups is 1. The third-order valence-electron chi connectivity index (χ3n) is 2.84. The lowest BCUT2D eigenvalue weighted by Crippen LogP contribution is -2.04. The number of ether oxygens (including phenoxy) is 1. The van der Waals surface area contributed by atoms with Gasteiger partial charge in [0.1, 0.15) is 17.4 Å². The van der Waals surface area contributed by atoms with Crippen LogP contribution < -0.4 is 4.74 Å². The molecule has 0 fully saturated rings. The summed E-state index contributed by atoms with van der Waals surface area (Å²) in [6.45, 7) is -2.98.